The summed E-state index contributed by atoms with van der Waals surface area (Å²) in [5.74, 6) is 0.682. The highest BCUT2D eigenvalue weighted by Crippen LogP contribution is 2.17. The van der Waals surface area contributed by atoms with Crippen LogP contribution in [0.3, 0.4) is 0 Å². The topological polar surface area (TPSA) is 79.2 Å². The summed E-state index contributed by atoms with van der Waals surface area (Å²) in [6, 6.07) is 0. The molecule has 25 heavy (non-hydrogen) atoms. The van der Waals surface area contributed by atoms with Crippen molar-refractivity contribution in [3.8, 4) is 0 Å². The molecule has 7 heteroatoms. The highest BCUT2D eigenvalue weighted by atomic mass is 16.1. The number of aromatic amines is 1. The lowest BCUT2D eigenvalue weighted by molar-refractivity contribution is 0.241. The first-order chi connectivity index (χ1) is 12.2. The van der Waals surface area contributed by atoms with Crippen molar-refractivity contribution in [3.63, 3.8) is 0 Å². The minimum atomic E-state index is -0.0118. The summed E-state index contributed by atoms with van der Waals surface area (Å²) in [6.07, 6.45) is 7.95. The second-order valence-electron chi connectivity index (χ2n) is 6.79. The van der Waals surface area contributed by atoms with Crippen LogP contribution in [0.2, 0.25) is 0 Å². The molecular weight excluding hydrogens is 316 g/mol. The van der Waals surface area contributed by atoms with Gasteiger partial charge in [-0.1, -0.05) is 0 Å². The zero-order valence-corrected chi connectivity index (χ0v) is 14.7. The third kappa shape index (κ3) is 3.42. The first-order valence-electron chi connectivity index (χ1n) is 9.12. The Bertz CT molecular complexity index is 849. The Labute approximate surface area is 146 Å². The molecule has 2 aromatic heterocycles. The second-order valence-corrected chi connectivity index (χ2v) is 6.79. The molecule has 2 aliphatic heterocycles. The molecule has 132 valence electrons. The number of hydrogen-bond donors (Lipinski definition) is 1. The van der Waals surface area contributed by atoms with Crippen LogP contribution in [0.1, 0.15) is 48.8 Å². The fourth-order valence-electron chi connectivity index (χ4n) is 3.56. The van der Waals surface area contributed by atoms with Gasteiger partial charge >= 0.3 is 0 Å². The smallest absolute Gasteiger partial charge is 0.255 e. The largest absolute Gasteiger partial charge is 0.305 e. The lowest BCUT2D eigenvalue weighted by atomic mass is 10.0. The SMILES string of the molecule is CCn1cc(CN2CCc3nc(C4=NCCCC4)[nH]c(=O)c3C2)cn1. The summed E-state index contributed by atoms with van der Waals surface area (Å²) in [5, 5.41) is 4.32. The molecule has 7 nitrogen and oxygen atoms in total. The van der Waals surface area contributed by atoms with Gasteiger partial charge in [-0.3, -0.25) is 19.4 Å². The number of rotatable bonds is 4. The van der Waals surface area contributed by atoms with E-state index in [-0.39, 0.29) is 5.56 Å². The molecule has 4 rings (SSSR count). The Morgan fingerprint density at radius 1 is 1.28 bits per heavy atom. The van der Waals surface area contributed by atoms with Gasteiger partial charge in [0, 0.05) is 50.9 Å². The molecule has 0 bridgehead atoms. The lowest BCUT2D eigenvalue weighted by Crippen LogP contribution is -2.36. The first kappa shape index (κ1) is 16.2. The van der Waals surface area contributed by atoms with Crippen molar-refractivity contribution in [3.05, 3.63) is 45.4 Å². The van der Waals surface area contributed by atoms with Crippen molar-refractivity contribution < 1.29 is 0 Å². The van der Waals surface area contributed by atoms with Gasteiger partial charge in [0.1, 0.15) is 0 Å². The van der Waals surface area contributed by atoms with Crippen molar-refractivity contribution in [1.82, 2.24) is 24.6 Å². The first-order valence-corrected chi connectivity index (χ1v) is 9.12. The standard InChI is InChI=1S/C18H24N6O/c1-2-24-11-13(9-20-24)10-23-8-6-15-14(12-23)18(25)22-17(21-15)16-5-3-4-7-19-16/h9,11H,2-8,10,12H2,1H3,(H,21,22,25). The second kappa shape index (κ2) is 6.92. The molecule has 0 amide bonds. The van der Waals surface area contributed by atoms with Gasteiger partial charge in [0.2, 0.25) is 0 Å². The van der Waals surface area contributed by atoms with E-state index >= 15 is 0 Å². The van der Waals surface area contributed by atoms with Crippen LogP contribution in [0, 0.1) is 0 Å². The summed E-state index contributed by atoms with van der Waals surface area (Å²) < 4.78 is 1.93. The van der Waals surface area contributed by atoms with Crippen LogP contribution in [0.5, 0.6) is 0 Å². The maximum Gasteiger partial charge on any atom is 0.255 e. The third-order valence-corrected chi connectivity index (χ3v) is 4.96. The molecule has 2 aliphatic rings. The molecule has 0 fully saturated rings. The van der Waals surface area contributed by atoms with Gasteiger partial charge in [0.05, 0.1) is 23.2 Å². The highest BCUT2D eigenvalue weighted by Gasteiger charge is 2.23. The average molecular weight is 340 g/mol. The normalized spacial score (nSPS) is 18.0. The summed E-state index contributed by atoms with van der Waals surface area (Å²) in [4.78, 5) is 27.1. The van der Waals surface area contributed by atoms with Crippen LogP contribution in [0.25, 0.3) is 0 Å². The summed E-state index contributed by atoms with van der Waals surface area (Å²) in [7, 11) is 0. The Morgan fingerprint density at radius 3 is 2.96 bits per heavy atom. The Kier molecular flexibility index (Phi) is 4.48. The lowest BCUT2D eigenvalue weighted by Gasteiger charge is -2.27. The van der Waals surface area contributed by atoms with Crippen LogP contribution in [-0.2, 0) is 26.1 Å². The monoisotopic (exact) mass is 340 g/mol. The van der Waals surface area contributed by atoms with E-state index in [1.54, 1.807) is 0 Å². The van der Waals surface area contributed by atoms with Crippen LogP contribution >= 0.6 is 0 Å². The van der Waals surface area contributed by atoms with Gasteiger partial charge in [-0.15, -0.1) is 0 Å². The van der Waals surface area contributed by atoms with Gasteiger partial charge in [-0.25, -0.2) is 4.98 Å². The molecule has 0 atom stereocenters. The van der Waals surface area contributed by atoms with Crippen LogP contribution < -0.4 is 5.56 Å². The Balaban J connectivity index is 1.53. The van der Waals surface area contributed by atoms with Crippen molar-refractivity contribution in [2.45, 2.75) is 52.2 Å². The minimum absolute atomic E-state index is 0.0118. The van der Waals surface area contributed by atoms with E-state index in [2.05, 4.69) is 33.1 Å². The summed E-state index contributed by atoms with van der Waals surface area (Å²) >= 11 is 0. The van der Waals surface area contributed by atoms with Gasteiger partial charge in [0.15, 0.2) is 5.82 Å². The van der Waals surface area contributed by atoms with Crippen LogP contribution in [-0.4, -0.2) is 43.4 Å². The number of aromatic nitrogens is 4. The predicted octanol–water partition coefficient (Wildman–Crippen LogP) is 1.52. The number of nitrogens with zero attached hydrogens (tertiary/aromatic N) is 5. The Hall–Kier alpha value is -2.28. The van der Waals surface area contributed by atoms with Gasteiger partial charge < -0.3 is 4.98 Å². The molecule has 0 unspecified atom stereocenters. The Morgan fingerprint density at radius 2 is 2.20 bits per heavy atom. The zero-order valence-electron chi connectivity index (χ0n) is 14.7. The van der Waals surface area contributed by atoms with Gasteiger partial charge in [-0.05, 0) is 26.2 Å². The quantitative estimate of drug-likeness (QED) is 0.915. The number of hydrogen-bond acceptors (Lipinski definition) is 5. The molecule has 1 N–H and O–H groups in total. The molecule has 2 aromatic rings. The van der Waals surface area contributed by atoms with Gasteiger partial charge in [0.25, 0.3) is 5.56 Å². The van der Waals surface area contributed by atoms with E-state index in [4.69, 9.17) is 4.98 Å². The number of fused-ring (bicyclic) bond motifs is 1. The minimum Gasteiger partial charge on any atom is -0.305 e. The van der Waals surface area contributed by atoms with Crippen molar-refractivity contribution in [1.29, 1.82) is 0 Å². The number of aliphatic imine (C=N–C) groups is 1. The summed E-state index contributed by atoms with van der Waals surface area (Å²) in [6.45, 7) is 6.16. The van der Waals surface area contributed by atoms with E-state index in [1.807, 2.05) is 10.9 Å². The summed E-state index contributed by atoms with van der Waals surface area (Å²) in [5.41, 5.74) is 3.87. The molecule has 0 spiro atoms. The maximum absolute atomic E-state index is 12.6. The van der Waals surface area contributed by atoms with E-state index in [9.17, 15) is 4.79 Å². The third-order valence-electron chi connectivity index (χ3n) is 4.96. The maximum atomic E-state index is 12.6. The van der Waals surface area contributed by atoms with E-state index in [1.165, 1.54) is 5.56 Å². The number of nitrogens with one attached hydrogen (secondary N) is 1. The number of aryl methyl sites for hydroxylation is 1. The van der Waals surface area contributed by atoms with Gasteiger partial charge in [-0.2, -0.15) is 5.10 Å². The van der Waals surface area contributed by atoms with E-state index in [0.717, 1.165) is 68.8 Å². The predicted molar refractivity (Wildman–Crippen MR) is 95.8 cm³/mol. The number of H-pyrrole nitrogens is 1. The van der Waals surface area contributed by atoms with Crippen molar-refractivity contribution in [2.75, 3.05) is 13.1 Å². The van der Waals surface area contributed by atoms with E-state index < -0.39 is 0 Å². The average Bonchev–Trinajstić information content (AvgIpc) is 3.10. The fourth-order valence-corrected chi connectivity index (χ4v) is 3.56. The molecule has 4 heterocycles. The van der Waals surface area contributed by atoms with Crippen molar-refractivity contribution >= 4 is 5.71 Å². The molecule has 0 aliphatic carbocycles. The molecule has 0 saturated carbocycles. The molecular formula is C18H24N6O. The van der Waals surface area contributed by atoms with Crippen LogP contribution in [0.4, 0.5) is 0 Å². The van der Waals surface area contributed by atoms with Crippen LogP contribution in [0.15, 0.2) is 22.2 Å². The zero-order chi connectivity index (χ0) is 17.2. The van der Waals surface area contributed by atoms with E-state index in [0.29, 0.717) is 12.4 Å². The molecule has 0 radical (unpaired) electrons. The molecule has 0 aromatic carbocycles. The highest BCUT2D eigenvalue weighted by molar-refractivity contribution is 5.97. The van der Waals surface area contributed by atoms with Crippen molar-refractivity contribution in [2.24, 2.45) is 4.99 Å². The fraction of sp³-hybridized carbons (Fsp3) is 0.556. The molecule has 0 saturated heterocycles.